The van der Waals surface area contributed by atoms with Crippen LogP contribution in [-0.4, -0.2) is 9.78 Å². The van der Waals surface area contributed by atoms with E-state index in [0.717, 1.165) is 23.6 Å². The summed E-state index contributed by atoms with van der Waals surface area (Å²) in [6.45, 7) is 0.988. The Morgan fingerprint density at radius 1 is 1.37 bits per heavy atom. The van der Waals surface area contributed by atoms with E-state index in [2.05, 4.69) is 5.10 Å². The third-order valence-corrected chi connectivity index (χ3v) is 3.80. The van der Waals surface area contributed by atoms with Gasteiger partial charge in [0.2, 0.25) is 0 Å². The van der Waals surface area contributed by atoms with Crippen LogP contribution in [0.4, 0.5) is 11.4 Å². The second-order valence-electron chi connectivity index (χ2n) is 5.15. The van der Waals surface area contributed by atoms with E-state index >= 15 is 0 Å². The van der Waals surface area contributed by atoms with Crippen LogP contribution in [0.3, 0.4) is 0 Å². The number of hydrogen-bond acceptors (Lipinski definition) is 4. The standard InChI is InChI=1S/C14H17N4O/c15-13-5-4-11(6-14(13)17-19)12-7-16-18(9-12)8-10-2-1-3-10/h4-7,9-10,17H,1-3,8,15H2/q-1. The Labute approximate surface area is 112 Å². The molecular weight excluding hydrogens is 240 g/mol. The highest BCUT2D eigenvalue weighted by atomic mass is 16.5. The lowest BCUT2D eigenvalue weighted by Crippen LogP contribution is -2.18. The third kappa shape index (κ3) is 2.42. The van der Waals surface area contributed by atoms with Crippen LogP contribution in [-0.2, 0) is 6.54 Å². The van der Waals surface area contributed by atoms with Crippen molar-refractivity contribution >= 4 is 11.4 Å². The zero-order valence-electron chi connectivity index (χ0n) is 10.7. The Balaban J connectivity index is 1.81. The Morgan fingerprint density at radius 3 is 2.89 bits per heavy atom. The molecule has 0 atom stereocenters. The number of anilines is 2. The Morgan fingerprint density at radius 2 is 2.21 bits per heavy atom. The molecule has 1 saturated carbocycles. The third-order valence-electron chi connectivity index (χ3n) is 3.80. The molecule has 1 heterocycles. The predicted molar refractivity (Wildman–Crippen MR) is 76.4 cm³/mol. The van der Waals surface area contributed by atoms with Crippen molar-refractivity contribution in [3.63, 3.8) is 0 Å². The highest BCUT2D eigenvalue weighted by molar-refractivity contribution is 5.75. The van der Waals surface area contributed by atoms with Crippen LogP contribution >= 0.6 is 0 Å². The molecule has 1 fully saturated rings. The van der Waals surface area contributed by atoms with E-state index in [9.17, 15) is 5.21 Å². The molecule has 0 bridgehead atoms. The highest BCUT2D eigenvalue weighted by Gasteiger charge is 2.18. The van der Waals surface area contributed by atoms with Gasteiger partial charge in [0.15, 0.2) is 0 Å². The molecule has 3 N–H and O–H groups in total. The molecular formula is C14H17N4O-. The number of nitrogens with one attached hydrogen (secondary N) is 1. The molecule has 2 aromatic rings. The van der Waals surface area contributed by atoms with E-state index in [1.807, 2.05) is 28.6 Å². The van der Waals surface area contributed by atoms with Gasteiger partial charge in [-0.05, 0) is 36.5 Å². The SMILES string of the molecule is Nc1ccc(-c2cnn(CC3CCC3)c2)cc1N[O-]. The first-order chi connectivity index (χ1) is 9.26. The Hall–Kier alpha value is -2.01. The summed E-state index contributed by atoms with van der Waals surface area (Å²) in [5, 5.41) is 15.2. The summed E-state index contributed by atoms with van der Waals surface area (Å²) in [4.78, 5) is 0. The number of nitrogens with two attached hydrogens (primary N) is 1. The predicted octanol–water partition coefficient (Wildman–Crippen LogP) is 2.84. The lowest BCUT2D eigenvalue weighted by Gasteiger charge is -2.24. The fourth-order valence-corrected chi connectivity index (χ4v) is 2.38. The first-order valence-electron chi connectivity index (χ1n) is 6.57. The maximum Gasteiger partial charge on any atom is 0.0568 e. The molecule has 3 rings (SSSR count). The summed E-state index contributed by atoms with van der Waals surface area (Å²) in [6.07, 6.45) is 7.81. The van der Waals surface area contributed by atoms with Crippen LogP contribution < -0.4 is 11.2 Å². The van der Waals surface area contributed by atoms with E-state index < -0.39 is 0 Å². The minimum Gasteiger partial charge on any atom is -0.761 e. The largest absolute Gasteiger partial charge is 0.761 e. The van der Waals surface area contributed by atoms with Crippen LogP contribution in [0.1, 0.15) is 19.3 Å². The molecule has 1 aromatic heterocycles. The van der Waals surface area contributed by atoms with Crippen LogP contribution in [0.5, 0.6) is 0 Å². The van der Waals surface area contributed by atoms with Crippen molar-refractivity contribution in [3.05, 3.63) is 35.8 Å². The van der Waals surface area contributed by atoms with Gasteiger partial charge in [-0.1, -0.05) is 12.5 Å². The van der Waals surface area contributed by atoms with Gasteiger partial charge in [-0.2, -0.15) is 5.10 Å². The summed E-state index contributed by atoms with van der Waals surface area (Å²) in [5.74, 6) is 0.776. The van der Waals surface area contributed by atoms with Crippen LogP contribution in [0, 0.1) is 11.1 Å². The second-order valence-corrected chi connectivity index (χ2v) is 5.15. The smallest absolute Gasteiger partial charge is 0.0568 e. The van der Waals surface area contributed by atoms with Gasteiger partial charge >= 0.3 is 0 Å². The average molecular weight is 257 g/mol. The zero-order chi connectivity index (χ0) is 13.2. The molecule has 5 nitrogen and oxygen atoms in total. The Kier molecular flexibility index (Phi) is 3.13. The first-order valence-corrected chi connectivity index (χ1v) is 6.57. The van der Waals surface area contributed by atoms with E-state index in [1.165, 1.54) is 19.3 Å². The van der Waals surface area contributed by atoms with Gasteiger partial charge in [0, 0.05) is 24.0 Å². The fraction of sp³-hybridized carbons (Fsp3) is 0.357. The summed E-state index contributed by atoms with van der Waals surface area (Å²) in [7, 11) is 0. The first kappa shape index (κ1) is 12.0. The number of rotatable bonds is 4. The Bertz CT molecular complexity index is 575. The minimum atomic E-state index is 0.407. The van der Waals surface area contributed by atoms with Crippen molar-refractivity contribution in [2.24, 2.45) is 5.92 Å². The van der Waals surface area contributed by atoms with Gasteiger partial charge in [0.05, 0.1) is 11.9 Å². The zero-order valence-corrected chi connectivity index (χ0v) is 10.7. The second kappa shape index (κ2) is 4.93. The number of hydrogen-bond donors (Lipinski definition) is 2. The van der Waals surface area contributed by atoms with E-state index in [1.54, 1.807) is 12.1 Å². The number of benzene rings is 1. The van der Waals surface area contributed by atoms with Crippen LogP contribution in [0.15, 0.2) is 30.6 Å². The molecule has 1 aliphatic rings. The molecule has 0 spiro atoms. The summed E-state index contributed by atoms with van der Waals surface area (Å²) >= 11 is 0. The van der Waals surface area contributed by atoms with E-state index in [4.69, 9.17) is 5.73 Å². The highest BCUT2D eigenvalue weighted by Crippen LogP contribution is 2.29. The maximum absolute atomic E-state index is 10.8. The van der Waals surface area contributed by atoms with Gasteiger partial charge < -0.3 is 16.4 Å². The van der Waals surface area contributed by atoms with Gasteiger partial charge in [-0.15, -0.1) is 0 Å². The molecule has 5 heteroatoms. The normalized spacial score (nSPS) is 15.2. The average Bonchev–Trinajstić information content (AvgIpc) is 2.83. The molecule has 100 valence electrons. The number of nitrogen functional groups attached to an aromatic ring is 1. The van der Waals surface area contributed by atoms with Gasteiger partial charge in [-0.3, -0.25) is 4.68 Å². The minimum absolute atomic E-state index is 0.407. The van der Waals surface area contributed by atoms with Crippen molar-refractivity contribution in [3.8, 4) is 11.1 Å². The van der Waals surface area contributed by atoms with Crippen LogP contribution in [0.25, 0.3) is 11.1 Å². The number of nitrogens with zero attached hydrogens (tertiary/aromatic N) is 2. The molecule has 0 unspecified atom stereocenters. The van der Waals surface area contributed by atoms with Crippen molar-refractivity contribution in [1.29, 1.82) is 0 Å². The monoisotopic (exact) mass is 257 g/mol. The van der Waals surface area contributed by atoms with Gasteiger partial charge in [-0.25, -0.2) is 0 Å². The lowest BCUT2D eigenvalue weighted by atomic mass is 9.85. The van der Waals surface area contributed by atoms with Gasteiger partial charge in [0.1, 0.15) is 0 Å². The summed E-state index contributed by atoms with van der Waals surface area (Å²) < 4.78 is 1.99. The van der Waals surface area contributed by atoms with Crippen molar-refractivity contribution in [2.45, 2.75) is 25.8 Å². The van der Waals surface area contributed by atoms with Gasteiger partial charge in [0.25, 0.3) is 0 Å². The number of aromatic nitrogens is 2. The van der Waals surface area contributed by atoms with Crippen molar-refractivity contribution in [2.75, 3.05) is 11.2 Å². The van der Waals surface area contributed by atoms with E-state index in [-0.39, 0.29) is 0 Å². The quantitative estimate of drug-likeness (QED) is 0.652. The van der Waals surface area contributed by atoms with Crippen LogP contribution in [0.2, 0.25) is 0 Å². The molecule has 19 heavy (non-hydrogen) atoms. The summed E-state index contributed by atoms with van der Waals surface area (Å²) in [5.41, 5.74) is 10.4. The molecule has 0 aliphatic heterocycles. The maximum atomic E-state index is 10.8. The molecule has 0 radical (unpaired) electrons. The van der Waals surface area contributed by atoms with Crippen molar-refractivity contribution in [1.82, 2.24) is 9.78 Å². The fourth-order valence-electron chi connectivity index (χ4n) is 2.38. The molecule has 0 saturated heterocycles. The lowest BCUT2D eigenvalue weighted by molar-refractivity contribution is 0.266. The molecule has 0 amide bonds. The summed E-state index contributed by atoms with van der Waals surface area (Å²) in [6, 6.07) is 5.40. The van der Waals surface area contributed by atoms with Crippen molar-refractivity contribution < 1.29 is 0 Å². The molecule has 1 aliphatic carbocycles. The van der Waals surface area contributed by atoms with E-state index in [0.29, 0.717) is 11.4 Å². The molecule has 1 aromatic carbocycles. The topological polar surface area (TPSA) is 78.9 Å².